The van der Waals surface area contributed by atoms with Gasteiger partial charge >= 0.3 is 0 Å². The van der Waals surface area contributed by atoms with Gasteiger partial charge in [-0.05, 0) is 24.6 Å². The molecule has 2 rings (SSSR count). The highest BCUT2D eigenvalue weighted by Crippen LogP contribution is 2.18. The average Bonchev–Trinajstić information content (AvgIpc) is 2.90. The lowest BCUT2D eigenvalue weighted by Gasteiger charge is -2.14. The fraction of sp³-hybridized carbons (Fsp3) is 0.357. The summed E-state index contributed by atoms with van der Waals surface area (Å²) in [6.07, 6.45) is 0.605. The van der Waals surface area contributed by atoms with Crippen LogP contribution in [0.5, 0.6) is 0 Å². The van der Waals surface area contributed by atoms with E-state index in [1.165, 1.54) is 4.90 Å². The number of halogens is 1. The highest BCUT2D eigenvalue weighted by Gasteiger charge is 2.22. The van der Waals surface area contributed by atoms with E-state index in [1.54, 1.807) is 23.9 Å². The molecule has 6 nitrogen and oxygen atoms in total. The molecule has 1 N–H and O–H groups in total. The molecule has 0 aliphatic heterocycles. The minimum atomic E-state index is -0.255. The smallest absolute Gasteiger partial charge is 0.276 e. The van der Waals surface area contributed by atoms with Crippen molar-refractivity contribution >= 4 is 17.5 Å². The standard InChI is InChI=1S/C14H17ClN4O2/c1-3-12-13(14(21)18(2)7-8-20)16-17-19(12)11-6-4-5-10(15)9-11/h4-6,9,20H,3,7-8H2,1-2H3. The Hall–Kier alpha value is -1.92. The molecule has 1 heterocycles. The fourth-order valence-corrected chi connectivity index (χ4v) is 2.22. The summed E-state index contributed by atoms with van der Waals surface area (Å²) in [6.45, 7) is 2.10. The normalized spacial score (nSPS) is 10.7. The number of carbonyl (C=O) groups is 1. The molecule has 0 radical (unpaired) electrons. The molecular weight excluding hydrogens is 292 g/mol. The molecule has 0 unspecified atom stereocenters. The van der Waals surface area contributed by atoms with Crippen molar-refractivity contribution in [2.45, 2.75) is 13.3 Å². The molecule has 1 aromatic carbocycles. The van der Waals surface area contributed by atoms with Crippen LogP contribution in [-0.2, 0) is 6.42 Å². The van der Waals surface area contributed by atoms with Gasteiger partial charge in [0.05, 0.1) is 18.0 Å². The van der Waals surface area contributed by atoms with Crippen LogP contribution in [0.4, 0.5) is 0 Å². The summed E-state index contributed by atoms with van der Waals surface area (Å²) in [5.74, 6) is -0.255. The molecule has 0 saturated carbocycles. The maximum Gasteiger partial charge on any atom is 0.276 e. The van der Waals surface area contributed by atoms with Gasteiger partial charge < -0.3 is 10.0 Å². The Bertz CT molecular complexity index is 642. The molecule has 21 heavy (non-hydrogen) atoms. The van der Waals surface area contributed by atoms with Gasteiger partial charge in [-0.1, -0.05) is 29.8 Å². The Morgan fingerprint density at radius 3 is 2.86 bits per heavy atom. The van der Waals surface area contributed by atoms with Crippen LogP contribution >= 0.6 is 11.6 Å². The van der Waals surface area contributed by atoms with Crippen LogP contribution in [0.15, 0.2) is 24.3 Å². The fourth-order valence-electron chi connectivity index (χ4n) is 2.03. The van der Waals surface area contributed by atoms with Gasteiger partial charge in [0.1, 0.15) is 0 Å². The second-order valence-electron chi connectivity index (χ2n) is 4.58. The molecule has 2 aromatic rings. The summed E-state index contributed by atoms with van der Waals surface area (Å²) < 4.78 is 1.62. The maximum atomic E-state index is 12.3. The minimum absolute atomic E-state index is 0.0911. The second kappa shape index (κ2) is 6.69. The van der Waals surface area contributed by atoms with E-state index in [1.807, 2.05) is 19.1 Å². The summed E-state index contributed by atoms with van der Waals surface area (Å²) in [6, 6.07) is 7.21. The summed E-state index contributed by atoms with van der Waals surface area (Å²) in [5.41, 5.74) is 1.77. The zero-order valence-corrected chi connectivity index (χ0v) is 12.7. The zero-order valence-electron chi connectivity index (χ0n) is 12.0. The number of aliphatic hydroxyl groups is 1. The van der Waals surface area contributed by atoms with E-state index in [4.69, 9.17) is 16.7 Å². The molecule has 7 heteroatoms. The number of aliphatic hydroxyl groups excluding tert-OH is 1. The number of benzene rings is 1. The molecule has 1 amide bonds. The average molecular weight is 309 g/mol. The Morgan fingerprint density at radius 2 is 2.24 bits per heavy atom. The van der Waals surface area contributed by atoms with Gasteiger partial charge in [0.15, 0.2) is 5.69 Å². The molecule has 0 saturated heterocycles. The SMILES string of the molecule is CCc1c(C(=O)N(C)CCO)nnn1-c1cccc(Cl)c1. The van der Waals surface area contributed by atoms with E-state index in [-0.39, 0.29) is 19.1 Å². The van der Waals surface area contributed by atoms with Crippen LogP contribution < -0.4 is 0 Å². The van der Waals surface area contributed by atoms with E-state index < -0.39 is 0 Å². The van der Waals surface area contributed by atoms with Gasteiger partial charge in [0.2, 0.25) is 0 Å². The zero-order chi connectivity index (χ0) is 15.4. The molecule has 0 spiro atoms. The van der Waals surface area contributed by atoms with E-state index in [2.05, 4.69) is 10.3 Å². The first-order valence-electron chi connectivity index (χ1n) is 6.65. The van der Waals surface area contributed by atoms with Crippen molar-refractivity contribution in [3.8, 4) is 5.69 Å². The lowest BCUT2D eigenvalue weighted by Crippen LogP contribution is -2.30. The first-order chi connectivity index (χ1) is 10.1. The van der Waals surface area contributed by atoms with E-state index in [0.717, 1.165) is 5.69 Å². The van der Waals surface area contributed by atoms with Crippen LogP contribution in [0.3, 0.4) is 0 Å². The Labute approximate surface area is 127 Å². The van der Waals surface area contributed by atoms with Gasteiger partial charge in [-0.3, -0.25) is 4.79 Å². The summed E-state index contributed by atoms with van der Waals surface area (Å²) in [5, 5.41) is 17.6. The Morgan fingerprint density at radius 1 is 1.48 bits per heavy atom. The van der Waals surface area contributed by atoms with Gasteiger partial charge in [-0.2, -0.15) is 0 Å². The van der Waals surface area contributed by atoms with E-state index in [0.29, 0.717) is 22.8 Å². The van der Waals surface area contributed by atoms with Crippen molar-refractivity contribution in [3.63, 3.8) is 0 Å². The molecule has 0 aliphatic rings. The van der Waals surface area contributed by atoms with E-state index in [9.17, 15) is 4.79 Å². The van der Waals surface area contributed by atoms with Gasteiger partial charge in [-0.25, -0.2) is 4.68 Å². The molecule has 1 aromatic heterocycles. The van der Waals surface area contributed by atoms with Crippen molar-refractivity contribution in [3.05, 3.63) is 40.7 Å². The number of carbonyl (C=O) groups excluding carboxylic acids is 1. The van der Waals surface area contributed by atoms with E-state index >= 15 is 0 Å². The maximum absolute atomic E-state index is 12.3. The Kier molecular flexibility index (Phi) is 4.93. The van der Waals surface area contributed by atoms with Gasteiger partial charge in [-0.15, -0.1) is 5.10 Å². The third kappa shape index (κ3) is 3.22. The topological polar surface area (TPSA) is 71.2 Å². The first kappa shape index (κ1) is 15.5. The number of amides is 1. The number of hydrogen-bond donors (Lipinski definition) is 1. The van der Waals surface area contributed by atoms with Gasteiger partial charge in [0.25, 0.3) is 5.91 Å². The molecule has 0 aliphatic carbocycles. The third-order valence-electron chi connectivity index (χ3n) is 3.14. The van der Waals surface area contributed by atoms with Crippen LogP contribution in [-0.4, -0.2) is 51.1 Å². The molecule has 0 atom stereocenters. The minimum Gasteiger partial charge on any atom is -0.395 e. The molecule has 0 fully saturated rings. The van der Waals surface area contributed by atoms with Crippen molar-refractivity contribution < 1.29 is 9.90 Å². The summed E-state index contributed by atoms with van der Waals surface area (Å²) in [4.78, 5) is 13.7. The Balaban J connectivity index is 2.41. The van der Waals surface area contributed by atoms with Crippen LogP contribution in [0.1, 0.15) is 23.1 Å². The second-order valence-corrected chi connectivity index (χ2v) is 5.02. The third-order valence-corrected chi connectivity index (χ3v) is 3.37. The quantitative estimate of drug-likeness (QED) is 0.909. The van der Waals surface area contributed by atoms with Crippen LogP contribution in [0.25, 0.3) is 5.69 Å². The lowest BCUT2D eigenvalue weighted by molar-refractivity contribution is 0.0760. The lowest BCUT2D eigenvalue weighted by atomic mass is 10.2. The number of hydrogen-bond acceptors (Lipinski definition) is 4. The molecule has 112 valence electrons. The number of nitrogens with zero attached hydrogens (tertiary/aromatic N) is 4. The summed E-state index contributed by atoms with van der Waals surface area (Å²) >= 11 is 5.99. The van der Waals surface area contributed by atoms with Crippen molar-refractivity contribution in [1.29, 1.82) is 0 Å². The largest absolute Gasteiger partial charge is 0.395 e. The van der Waals surface area contributed by atoms with Crippen molar-refractivity contribution in [1.82, 2.24) is 19.9 Å². The highest BCUT2D eigenvalue weighted by atomic mass is 35.5. The van der Waals surface area contributed by atoms with Crippen LogP contribution in [0, 0.1) is 0 Å². The summed E-state index contributed by atoms with van der Waals surface area (Å²) in [7, 11) is 1.62. The molecular formula is C14H17ClN4O2. The number of aromatic nitrogens is 3. The monoisotopic (exact) mass is 308 g/mol. The number of rotatable bonds is 5. The van der Waals surface area contributed by atoms with Crippen LogP contribution in [0.2, 0.25) is 5.02 Å². The van der Waals surface area contributed by atoms with Crippen molar-refractivity contribution in [2.75, 3.05) is 20.2 Å². The van der Waals surface area contributed by atoms with Gasteiger partial charge in [0, 0.05) is 18.6 Å². The molecule has 0 bridgehead atoms. The predicted octanol–water partition coefficient (Wildman–Crippen LogP) is 1.55. The predicted molar refractivity (Wildman–Crippen MR) is 79.8 cm³/mol. The van der Waals surface area contributed by atoms with Crippen molar-refractivity contribution in [2.24, 2.45) is 0 Å². The first-order valence-corrected chi connectivity index (χ1v) is 7.03. The highest BCUT2D eigenvalue weighted by molar-refractivity contribution is 6.30. The number of likely N-dealkylation sites (N-methyl/N-ethyl adjacent to an activating group) is 1.